The van der Waals surface area contributed by atoms with E-state index in [-0.39, 0.29) is 17.9 Å². The van der Waals surface area contributed by atoms with E-state index in [0.29, 0.717) is 25.7 Å². The molecule has 0 N–H and O–H groups in total. The van der Waals surface area contributed by atoms with Crippen molar-refractivity contribution in [2.45, 2.75) is 38.6 Å². The van der Waals surface area contributed by atoms with Crippen LogP contribution in [0.3, 0.4) is 0 Å². The van der Waals surface area contributed by atoms with Crippen molar-refractivity contribution in [3.05, 3.63) is 12.2 Å². The summed E-state index contributed by atoms with van der Waals surface area (Å²) in [5.74, 6) is 1.73. The molecule has 1 aromatic rings. The number of morpholine rings is 1. The van der Waals surface area contributed by atoms with Gasteiger partial charge >= 0.3 is 0 Å². The third kappa shape index (κ3) is 2.81. The maximum absolute atomic E-state index is 13.0. The summed E-state index contributed by atoms with van der Waals surface area (Å²) in [5.41, 5.74) is 0. The van der Waals surface area contributed by atoms with Gasteiger partial charge in [0.1, 0.15) is 12.4 Å². The number of hydrogen-bond donors (Lipinski definition) is 0. The minimum absolute atomic E-state index is 0.104. The number of amides is 1. The summed E-state index contributed by atoms with van der Waals surface area (Å²) in [6.45, 7) is 3.99. The Morgan fingerprint density at radius 3 is 2.90 bits per heavy atom. The number of nitrogens with zero attached hydrogens (tertiary/aromatic N) is 4. The zero-order valence-electron chi connectivity index (χ0n) is 12.9. The molecule has 6 heteroatoms. The van der Waals surface area contributed by atoms with Gasteiger partial charge in [-0.15, -0.1) is 0 Å². The van der Waals surface area contributed by atoms with Gasteiger partial charge in [-0.2, -0.15) is 5.10 Å². The molecular weight excluding hydrogens is 268 g/mol. The van der Waals surface area contributed by atoms with Crippen LogP contribution in [0.4, 0.5) is 0 Å². The summed E-state index contributed by atoms with van der Waals surface area (Å²) in [7, 11) is 1.86. The maximum atomic E-state index is 13.0. The van der Waals surface area contributed by atoms with Crippen molar-refractivity contribution in [3.63, 3.8) is 0 Å². The minimum atomic E-state index is -0.104. The Hall–Kier alpha value is -1.43. The van der Waals surface area contributed by atoms with Crippen LogP contribution in [0.1, 0.15) is 44.5 Å². The van der Waals surface area contributed by atoms with Gasteiger partial charge in [-0.05, 0) is 18.8 Å². The summed E-state index contributed by atoms with van der Waals surface area (Å²) >= 11 is 0. The number of carbonyl (C=O) groups excluding carboxylic acids is 1. The van der Waals surface area contributed by atoms with Crippen LogP contribution in [0.15, 0.2) is 6.33 Å². The van der Waals surface area contributed by atoms with Gasteiger partial charge in [0.25, 0.3) is 0 Å². The van der Waals surface area contributed by atoms with Crippen molar-refractivity contribution in [1.82, 2.24) is 19.7 Å². The Morgan fingerprint density at radius 1 is 1.38 bits per heavy atom. The van der Waals surface area contributed by atoms with E-state index in [4.69, 9.17) is 4.74 Å². The second-order valence-corrected chi connectivity index (χ2v) is 6.23. The molecule has 3 unspecified atom stereocenters. The number of ether oxygens (including phenoxy) is 1. The standard InChI is InChI=1S/C15H24N4O2/c1-11-5-3-4-6-12(11)15(20)19-7-8-21-9-13(19)14-16-10-17-18(14)2/h10-13H,3-9H2,1-2H3. The molecule has 1 saturated carbocycles. The van der Waals surface area contributed by atoms with Crippen molar-refractivity contribution in [2.24, 2.45) is 18.9 Å². The van der Waals surface area contributed by atoms with Crippen LogP contribution < -0.4 is 0 Å². The zero-order chi connectivity index (χ0) is 14.8. The van der Waals surface area contributed by atoms with Gasteiger partial charge in [0.2, 0.25) is 5.91 Å². The van der Waals surface area contributed by atoms with E-state index in [1.807, 2.05) is 11.9 Å². The summed E-state index contributed by atoms with van der Waals surface area (Å²) in [6.07, 6.45) is 6.13. The van der Waals surface area contributed by atoms with Gasteiger partial charge in [0.05, 0.1) is 13.2 Å². The molecule has 3 rings (SSSR count). The second kappa shape index (κ2) is 6.13. The van der Waals surface area contributed by atoms with Crippen LogP contribution in [0, 0.1) is 11.8 Å². The van der Waals surface area contributed by atoms with E-state index < -0.39 is 0 Å². The molecule has 2 fully saturated rings. The Balaban J connectivity index is 1.80. The van der Waals surface area contributed by atoms with E-state index in [0.717, 1.165) is 18.7 Å². The van der Waals surface area contributed by atoms with Gasteiger partial charge in [-0.3, -0.25) is 9.48 Å². The van der Waals surface area contributed by atoms with Gasteiger partial charge in [-0.25, -0.2) is 4.98 Å². The molecule has 3 atom stereocenters. The minimum Gasteiger partial charge on any atom is -0.377 e. The van der Waals surface area contributed by atoms with Crippen molar-refractivity contribution in [2.75, 3.05) is 19.8 Å². The van der Waals surface area contributed by atoms with Crippen LogP contribution >= 0.6 is 0 Å². The van der Waals surface area contributed by atoms with E-state index in [1.54, 1.807) is 4.68 Å². The second-order valence-electron chi connectivity index (χ2n) is 6.23. The van der Waals surface area contributed by atoms with E-state index in [2.05, 4.69) is 17.0 Å². The number of aryl methyl sites for hydroxylation is 1. The highest BCUT2D eigenvalue weighted by molar-refractivity contribution is 5.79. The average Bonchev–Trinajstić information content (AvgIpc) is 2.93. The van der Waals surface area contributed by atoms with Crippen LogP contribution in [-0.4, -0.2) is 45.3 Å². The van der Waals surface area contributed by atoms with Gasteiger partial charge in [0, 0.05) is 19.5 Å². The normalized spacial score (nSPS) is 30.4. The molecule has 1 aliphatic heterocycles. The van der Waals surface area contributed by atoms with Crippen molar-refractivity contribution in [3.8, 4) is 0 Å². The van der Waals surface area contributed by atoms with Crippen molar-refractivity contribution in [1.29, 1.82) is 0 Å². The predicted octanol–water partition coefficient (Wildman–Crippen LogP) is 1.54. The molecule has 1 saturated heterocycles. The molecule has 0 aromatic carbocycles. The smallest absolute Gasteiger partial charge is 0.226 e. The predicted molar refractivity (Wildman–Crippen MR) is 77.4 cm³/mol. The largest absolute Gasteiger partial charge is 0.377 e. The number of hydrogen-bond acceptors (Lipinski definition) is 4. The van der Waals surface area contributed by atoms with E-state index in [9.17, 15) is 4.79 Å². The molecule has 2 aliphatic rings. The topological polar surface area (TPSA) is 60.3 Å². The van der Waals surface area contributed by atoms with Gasteiger partial charge in [-0.1, -0.05) is 19.8 Å². The molecule has 1 amide bonds. The highest BCUT2D eigenvalue weighted by atomic mass is 16.5. The molecule has 2 heterocycles. The molecular formula is C15H24N4O2. The first-order valence-corrected chi connectivity index (χ1v) is 7.90. The quantitative estimate of drug-likeness (QED) is 0.829. The number of carbonyl (C=O) groups is 1. The number of rotatable bonds is 2. The third-order valence-electron chi connectivity index (χ3n) is 4.88. The lowest BCUT2D eigenvalue weighted by Crippen LogP contribution is -2.48. The fourth-order valence-corrected chi connectivity index (χ4v) is 3.58. The highest BCUT2D eigenvalue weighted by Gasteiger charge is 2.37. The Labute approximate surface area is 125 Å². The molecule has 6 nitrogen and oxygen atoms in total. The molecule has 0 bridgehead atoms. The molecule has 0 spiro atoms. The Kier molecular flexibility index (Phi) is 4.24. The van der Waals surface area contributed by atoms with Crippen LogP contribution in [0.2, 0.25) is 0 Å². The Morgan fingerprint density at radius 2 is 2.19 bits per heavy atom. The fraction of sp³-hybridized carbons (Fsp3) is 0.800. The first-order valence-electron chi connectivity index (χ1n) is 7.90. The van der Waals surface area contributed by atoms with Gasteiger partial charge < -0.3 is 9.64 Å². The fourth-order valence-electron chi connectivity index (χ4n) is 3.58. The first-order chi connectivity index (χ1) is 10.2. The summed E-state index contributed by atoms with van der Waals surface area (Å²) in [4.78, 5) is 19.3. The zero-order valence-corrected chi connectivity index (χ0v) is 12.9. The average molecular weight is 292 g/mol. The van der Waals surface area contributed by atoms with Gasteiger partial charge in [0.15, 0.2) is 5.82 Å². The SMILES string of the molecule is CC1CCCCC1C(=O)N1CCOCC1c1ncnn1C. The molecule has 0 radical (unpaired) electrons. The lowest BCUT2D eigenvalue weighted by molar-refractivity contribution is -0.147. The van der Waals surface area contributed by atoms with Crippen LogP contribution in [0.5, 0.6) is 0 Å². The molecule has 1 aromatic heterocycles. The van der Waals surface area contributed by atoms with E-state index in [1.165, 1.54) is 19.2 Å². The maximum Gasteiger partial charge on any atom is 0.226 e. The first kappa shape index (κ1) is 14.5. The molecule has 1 aliphatic carbocycles. The summed E-state index contributed by atoms with van der Waals surface area (Å²) < 4.78 is 7.32. The van der Waals surface area contributed by atoms with Crippen LogP contribution in [0.25, 0.3) is 0 Å². The number of aromatic nitrogens is 3. The lowest BCUT2D eigenvalue weighted by Gasteiger charge is -2.39. The lowest BCUT2D eigenvalue weighted by atomic mass is 9.79. The monoisotopic (exact) mass is 292 g/mol. The summed E-state index contributed by atoms with van der Waals surface area (Å²) in [6, 6.07) is -0.104. The highest BCUT2D eigenvalue weighted by Crippen LogP contribution is 2.33. The van der Waals surface area contributed by atoms with E-state index >= 15 is 0 Å². The third-order valence-corrected chi connectivity index (χ3v) is 4.88. The molecule has 116 valence electrons. The van der Waals surface area contributed by atoms with Crippen molar-refractivity contribution < 1.29 is 9.53 Å². The summed E-state index contributed by atoms with van der Waals surface area (Å²) in [5, 5.41) is 4.13. The van der Waals surface area contributed by atoms with Crippen molar-refractivity contribution >= 4 is 5.91 Å². The Bertz CT molecular complexity index is 502. The van der Waals surface area contributed by atoms with Crippen LogP contribution in [-0.2, 0) is 16.6 Å². The molecule has 21 heavy (non-hydrogen) atoms.